The molecule has 33 heavy (non-hydrogen) atoms. The first-order valence-corrected chi connectivity index (χ1v) is 12.7. The van der Waals surface area contributed by atoms with Crippen LogP contribution in [0.25, 0.3) is 0 Å². The predicted octanol–water partition coefficient (Wildman–Crippen LogP) is 3.65. The van der Waals surface area contributed by atoms with E-state index in [4.69, 9.17) is 0 Å². The van der Waals surface area contributed by atoms with Gasteiger partial charge in [0.2, 0.25) is 11.8 Å². The lowest BCUT2D eigenvalue weighted by Crippen LogP contribution is -2.42. The van der Waals surface area contributed by atoms with E-state index >= 15 is 0 Å². The number of pyridine rings is 1. The van der Waals surface area contributed by atoms with Gasteiger partial charge in [-0.25, -0.2) is 4.39 Å². The van der Waals surface area contributed by atoms with Crippen LogP contribution in [0.3, 0.4) is 0 Å². The summed E-state index contributed by atoms with van der Waals surface area (Å²) in [7, 11) is 0. The molecule has 4 aliphatic rings. The van der Waals surface area contributed by atoms with Crippen LogP contribution >= 0.6 is 23.1 Å². The maximum Gasteiger partial charge on any atom is 0.305 e. The highest BCUT2D eigenvalue weighted by atomic mass is 32.2. The Hall–Kier alpha value is -2.78. The van der Waals surface area contributed by atoms with Gasteiger partial charge < -0.3 is 4.98 Å². The lowest BCUT2D eigenvalue weighted by molar-refractivity contribution is -0.123. The largest absolute Gasteiger partial charge is 0.307 e. The summed E-state index contributed by atoms with van der Waals surface area (Å²) in [4.78, 5) is 48.8. The highest BCUT2D eigenvalue weighted by Crippen LogP contribution is 2.68. The molecule has 2 aromatic heterocycles. The summed E-state index contributed by atoms with van der Waals surface area (Å²) >= 11 is 2.90. The third-order valence-electron chi connectivity index (χ3n) is 7.85. The minimum atomic E-state index is -0.403. The molecule has 0 radical (unpaired) electrons. The molecule has 3 aromatic rings. The van der Waals surface area contributed by atoms with E-state index in [1.54, 1.807) is 18.0 Å². The number of fused-ring (bicyclic) bond motifs is 9. The van der Waals surface area contributed by atoms with Crippen molar-refractivity contribution in [1.82, 2.24) is 9.97 Å². The van der Waals surface area contributed by atoms with E-state index in [0.29, 0.717) is 5.69 Å². The van der Waals surface area contributed by atoms with Gasteiger partial charge in [-0.15, -0.1) is 11.8 Å². The number of amides is 2. The zero-order chi connectivity index (χ0) is 22.4. The Bertz CT molecular complexity index is 1360. The van der Waals surface area contributed by atoms with Gasteiger partial charge in [0.25, 0.3) is 0 Å². The Kier molecular flexibility index (Phi) is 4.09. The van der Waals surface area contributed by atoms with Gasteiger partial charge in [0, 0.05) is 28.4 Å². The highest BCUT2D eigenvalue weighted by molar-refractivity contribution is 8.00. The summed E-state index contributed by atoms with van der Waals surface area (Å²) in [5, 5.41) is 1.03. The summed E-state index contributed by atoms with van der Waals surface area (Å²) in [6, 6.07) is 9.49. The zero-order valence-corrected chi connectivity index (χ0v) is 18.8. The first kappa shape index (κ1) is 19.7. The lowest BCUT2D eigenvalue weighted by Gasteiger charge is -2.42. The molecule has 9 heteroatoms. The lowest BCUT2D eigenvalue weighted by atomic mass is 9.68. The second-order valence-corrected chi connectivity index (χ2v) is 11.4. The molecule has 2 saturated carbocycles. The molecule has 1 aromatic carbocycles. The van der Waals surface area contributed by atoms with Crippen molar-refractivity contribution in [2.24, 2.45) is 29.6 Å². The van der Waals surface area contributed by atoms with Crippen LogP contribution in [0, 0.1) is 35.4 Å². The van der Waals surface area contributed by atoms with Crippen molar-refractivity contribution < 1.29 is 14.0 Å². The molecule has 166 valence electrons. The number of carbonyl (C=O) groups is 2. The van der Waals surface area contributed by atoms with Crippen LogP contribution in [0.2, 0.25) is 0 Å². The molecular formula is C24H18FN3O3S2. The molecule has 0 spiro atoms. The fourth-order valence-electron chi connectivity index (χ4n) is 6.79. The van der Waals surface area contributed by atoms with Crippen molar-refractivity contribution in [3.05, 3.63) is 74.7 Å². The second-order valence-electron chi connectivity index (χ2n) is 9.24. The highest BCUT2D eigenvalue weighted by Gasteiger charge is 2.69. The molecule has 3 fully saturated rings. The summed E-state index contributed by atoms with van der Waals surface area (Å²) in [6.45, 7) is 0. The number of carbonyl (C=O) groups excluding carboxylic acids is 2. The first-order valence-electron chi connectivity index (χ1n) is 11.0. The average Bonchev–Trinajstić information content (AvgIpc) is 3.54. The normalized spacial score (nSPS) is 33.8. The van der Waals surface area contributed by atoms with Crippen LogP contribution in [0.5, 0.6) is 0 Å². The van der Waals surface area contributed by atoms with Crippen LogP contribution in [0.15, 0.2) is 58.6 Å². The van der Waals surface area contributed by atoms with Crippen LogP contribution < -0.4 is 9.77 Å². The second kappa shape index (κ2) is 6.87. The number of H-pyrrole nitrogens is 1. The number of thioether (sulfide) groups is 1. The number of hydrogen-bond acceptors (Lipinski definition) is 6. The number of halogens is 1. The maximum absolute atomic E-state index is 13.6. The van der Waals surface area contributed by atoms with E-state index in [0.717, 1.165) is 21.9 Å². The number of anilines is 1. The standard InChI is InChI=1S/C24H18FN3O3S2/c25-11-3-5-12(6-4-11)28-22(29)17-13-8-14(18(17)23(28)30)19-16(13)15(10-2-1-7-26-9-10)20-21(32-19)27-24(31)33-20/h1-7,9,13-19H,8H2,(H,27,31)/t13-,14-,15-,16-,17+,18-,19-/m1/s1. The number of thiazole rings is 1. The number of rotatable bonds is 2. The van der Waals surface area contributed by atoms with E-state index in [1.165, 1.54) is 40.5 Å². The SMILES string of the molecule is O=C1[C@@H]2[C@H]3C[C@@H]([C@@H]2C(=O)N1c1ccc(F)cc1)[C@@H]1[C@@H](c2cccnc2)c2sc(=O)[nH]c2S[C@H]31. The van der Waals surface area contributed by atoms with Crippen molar-refractivity contribution in [3.63, 3.8) is 0 Å². The molecule has 0 unspecified atom stereocenters. The summed E-state index contributed by atoms with van der Waals surface area (Å²) < 4.78 is 13.4. The molecule has 1 N–H and O–H groups in total. The molecule has 7 rings (SSSR count). The van der Waals surface area contributed by atoms with Gasteiger partial charge in [0.1, 0.15) is 5.82 Å². The number of aromatic nitrogens is 2. The van der Waals surface area contributed by atoms with Crippen LogP contribution in [0.1, 0.15) is 22.8 Å². The maximum atomic E-state index is 13.6. The van der Waals surface area contributed by atoms with Gasteiger partial charge >= 0.3 is 4.87 Å². The third kappa shape index (κ3) is 2.60. The van der Waals surface area contributed by atoms with E-state index in [2.05, 4.69) is 9.97 Å². The zero-order valence-electron chi connectivity index (χ0n) is 17.2. The van der Waals surface area contributed by atoms with Crippen molar-refractivity contribution in [2.45, 2.75) is 22.6 Å². The van der Waals surface area contributed by atoms with Crippen LogP contribution in [0.4, 0.5) is 10.1 Å². The molecule has 2 aliphatic carbocycles. The number of nitrogens with zero attached hydrogens (tertiary/aromatic N) is 2. The van der Waals surface area contributed by atoms with Gasteiger partial charge in [0.05, 0.1) is 22.5 Å². The van der Waals surface area contributed by atoms with Gasteiger partial charge in [-0.1, -0.05) is 17.4 Å². The van der Waals surface area contributed by atoms with Crippen molar-refractivity contribution in [3.8, 4) is 0 Å². The smallest absolute Gasteiger partial charge is 0.305 e. The fourth-order valence-corrected chi connectivity index (χ4v) is 9.68. The van der Waals surface area contributed by atoms with Crippen molar-refractivity contribution in [1.29, 1.82) is 0 Å². The molecule has 2 aliphatic heterocycles. The fraction of sp³-hybridized carbons (Fsp3) is 0.333. The molecule has 6 nitrogen and oxygen atoms in total. The summed E-state index contributed by atoms with van der Waals surface area (Å²) in [6.07, 6.45) is 4.42. The average molecular weight is 480 g/mol. The topological polar surface area (TPSA) is 83.1 Å². The summed E-state index contributed by atoms with van der Waals surface area (Å²) in [5.41, 5.74) is 1.48. The summed E-state index contributed by atoms with van der Waals surface area (Å²) in [5.74, 6) is -1.25. The molecule has 1 saturated heterocycles. The number of imide groups is 1. The first-order chi connectivity index (χ1) is 16.0. The monoisotopic (exact) mass is 479 g/mol. The van der Waals surface area contributed by atoms with Gasteiger partial charge in [0.15, 0.2) is 0 Å². The number of aromatic amines is 1. The van der Waals surface area contributed by atoms with Crippen molar-refractivity contribution in [2.75, 3.05) is 4.90 Å². The van der Waals surface area contributed by atoms with E-state index < -0.39 is 5.82 Å². The van der Waals surface area contributed by atoms with Gasteiger partial charge in [-0.05, 0) is 60.1 Å². The molecule has 7 atom stereocenters. The molecule has 4 heterocycles. The Balaban J connectivity index is 1.33. The predicted molar refractivity (Wildman–Crippen MR) is 122 cm³/mol. The quantitative estimate of drug-likeness (QED) is 0.568. The Morgan fingerprint density at radius 1 is 1.03 bits per heavy atom. The van der Waals surface area contributed by atoms with E-state index in [9.17, 15) is 18.8 Å². The molecule has 2 bridgehead atoms. The number of hydrogen-bond donors (Lipinski definition) is 1. The van der Waals surface area contributed by atoms with Crippen LogP contribution in [-0.2, 0) is 9.59 Å². The van der Waals surface area contributed by atoms with E-state index in [-0.39, 0.29) is 57.4 Å². The van der Waals surface area contributed by atoms with Gasteiger partial charge in [-0.3, -0.25) is 24.3 Å². The minimum absolute atomic E-state index is 0.0253. The van der Waals surface area contributed by atoms with Crippen LogP contribution in [-0.4, -0.2) is 27.0 Å². The Labute approximate surface area is 196 Å². The molecular weight excluding hydrogens is 461 g/mol. The van der Waals surface area contributed by atoms with E-state index in [1.807, 2.05) is 18.3 Å². The Morgan fingerprint density at radius 2 is 1.79 bits per heavy atom. The number of nitrogens with one attached hydrogen (secondary N) is 1. The third-order valence-corrected chi connectivity index (χ3v) is 10.4. The minimum Gasteiger partial charge on any atom is -0.307 e. The van der Waals surface area contributed by atoms with Gasteiger partial charge in [-0.2, -0.15) is 0 Å². The number of benzene rings is 1. The molecule has 2 amide bonds. The Morgan fingerprint density at radius 3 is 2.52 bits per heavy atom. The van der Waals surface area contributed by atoms with Crippen molar-refractivity contribution >= 4 is 40.6 Å².